The van der Waals surface area contributed by atoms with Gasteiger partial charge in [-0.3, -0.25) is 9.59 Å². The fraction of sp³-hybridized carbons (Fsp3) is 0.800. The Morgan fingerprint density at radius 1 is 1.12 bits per heavy atom. The number of aliphatic carboxylic acids is 1. The van der Waals surface area contributed by atoms with Crippen molar-refractivity contribution in [2.24, 2.45) is 28.1 Å². The molecule has 3 N–H and O–H groups in total. The lowest BCUT2D eigenvalue weighted by Gasteiger charge is -2.63. The highest BCUT2D eigenvalue weighted by Gasteiger charge is 2.64. The number of carboxylic acid groups (broad SMARTS) is 1. The average molecular weight is 347 g/mol. The molecule has 3 aliphatic carbocycles. The summed E-state index contributed by atoms with van der Waals surface area (Å²) < 4.78 is 0. The van der Waals surface area contributed by atoms with Crippen LogP contribution in [0.5, 0.6) is 0 Å². The first-order valence-corrected chi connectivity index (χ1v) is 9.60. The topological polar surface area (TPSA) is 86.6 Å². The molecule has 0 spiro atoms. The van der Waals surface area contributed by atoms with Gasteiger partial charge in [0.15, 0.2) is 0 Å². The molecule has 2 saturated carbocycles. The van der Waals surface area contributed by atoms with E-state index in [2.05, 4.69) is 19.2 Å². The average Bonchev–Trinajstić information content (AvgIpc) is 2.82. The van der Waals surface area contributed by atoms with Gasteiger partial charge < -0.3 is 15.5 Å². The lowest BCUT2D eigenvalue weighted by molar-refractivity contribution is -0.175. The van der Waals surface area contributed by atoms with Gasteiger partial charge in [0.2, 0.25) is 5.91 Å². The van der Waals surface area contributed by atoms with E-state index in [1.54, 1.807) is 0 Å². The molecule has 138 valence electrons. The van der Waals surface area contributed by atoms with Crippen LogP contribution in [0.1, 0.15) is 65.7 Å². The number of fused-ring (bicyclic) bond motifs is 4. The van der Waals surface area contributed by atoms with Crippen molar-refractivity contribution in [3.05, 3.63) is 11.1 Å². The monoisotopic (exact) mass is 347 g/mol. The van der Waals surface area contributed by atoms with E-state index in [0.717, 1.165) is 56.1 Å². The van der Waals surface area contributed by atoms with Gasteiger partial charge in [-0.1, -0.05) is 20.3 Å². The van der Waals surface area contributed by atoms with Crippen molar-refractivity contribution in [1.82, 2.24) is 5.32 Å². The molecule has 0 aromatic rings. The van der Waals surface area contributed by atoms with Crippen LogP contribution in [-0.2, 0) is 9.59 Å². The minimum absolute atomic E-state index is 0.0647. The second kappa shape index (κ2) is 5.09. The number of aliphatic hydroxyl groups excluding tert-OH is 1. The summed E-state index contributed by atoms with van der Waals surface area (Å²) >= 11 is 0. The lowest BCUT2D eigenvalue weighted by Crippen LogP contribution is -2.59. The number of aliphatic hydroxyl groups is 1. The van der Waals surface area contributed by atoms with E-state index in [1.165, 1.54) is 0 Å². The van der Waals surface area contributed by atoms with E-state index in [4.69, 9.17) is 0 Å². The van der Waals surface area contributed by atoms with E-state index >= 15 is 0 Å². The number of nitrogens with one attached hydrogen (secondary N) is 1. The van der Waals surface area contributed by atoms with E-state index in [-0.39, 0.29) is 22.7 Å². The molecule has 0 saturated heterocycles. The lowest BCUT2D eigenvalue weighted by atomic mass is 9.40. The minimum atomic E-state index is -0.832. The Labute approximate surface area is 148 Å². The predicted octanol–water partition coefficient (Wildman–Crippen LogP) is 2.84. The van der Waals surface area contributed by atoms with Gasteiger partial charge >= 0.3 is 5.97 Å². The number of hydrogen-bond acceptors (Lipinski definition) is 3. The Balaban J connectivity index is 1.79. The summed E-state index contributed by atoms with van der Waals surface area (Å²) in [5, 5.41) is 22.8. The molecule has 0 aromatic heterocycles. The zero-order valence-corrected chi connectivity index (χ0v) is 15.4. The number of carboxylic acids is 1. The van der Waals surface area contributed by atoms with Crippen LogP contribution >= 0.6 is 0 Å². The summed E-state index contributed by atoms with van der Waals surface area (Å²) in [5.74, 6) is -0.335. The number of rotatable bonds is 1. The Bertz CT molecular complexity index is 685. The molecule has 5 nitrogen and oxygen atoms in total. The fourth-order valence-electron chi connectivity index (χ4n) is 7.28. The van der Waals surface area contributed by atoms with Gasteiger partial charge in [-0.15, -0.1) is 0 Å². The quantitative estimate of drug-likeness (QED) is 0.681. The largest absolute Gasteiger partial charge is 0.481 e. The Kier molecular flexibility index (Phi) is 3.48. The first-order chi connectivity index (χ1) is 11.6. The summed E-state index contributed by atoms with van der Waals surface area (Å²) in [4.78, 5) is 24.6. The Morgan fingerprint density at radius 3 is 2.52 bits per heavy atom. The molecule has 4 aliphatic rings. The zero-order chi connectivity index (χ0) is 18.2. The smallest absolute Gasteiger partial charge is 0.309 e. The predicted molar refractivity (Wildman–Crippen MR) is 92.4 cm³/mol. The third-order valence-electron chi connectivity index (χ3n) is 8.40. The zero-order valence-electron chi connectivity index (χ0n) is 15.4. The molecule has 1 heterocycles. The van der Waals surface area contributed by atoms with Crippen molar-refractivity contribution in [3.63, 3.8) is 0 Å². The molecule has 0 radical (unpaired) electrons. The summed E-state index contributed by atoms with van der Waals surface area (Å²) in [6.45, 7) is 6.38. The maximum Gasteiger partial charge on any atom is 0.309 e. The van der Waals surface area contributed by atoms with Crippen LogP contribution in [0, 0.1) is 28.1 Å². The highest BCUT2D eigenvalue weighted by Crippen LogP contribution is 2.68. The maximum absolute atomic E-state index is 12.6. The van der Waals surface area contributed by atoms with Crippen LogP contribution in [0.2, 0.25) is 0 Å². The van der Waals surface area contributed by atoms with E-state index in [0.29, 0.717) is 5.92 Å². The molecule has 4 rings (SSSR count). The summed E-state index contributed by atoms with van der Waals surface area (Å²) in [7, 11) is 0. The molecule has 6 atom stereocenters. The van der Waals surface area contributed by atoms with E-state index in [1.807, 2.05) is 6.92 Å². The fourth-order valence-corrected chi connectivity index (χ4v) is 7.28. The molecule has 25 heavy (non-hydrogen) atoms. The van der Waals surface area contributed by atoms with Crippen LogP contribution in [0.25, 0.3) is 0 Å². The summed E-state index contributed by atoms with van der Waals surface area (Å²) in [6.07, 6.45) is 5.23. The summed E-state index contributed by atoms with van der Waals surface area (Å²) in [5.41, 5.74) is 0.698. The van der Waals surface area contributed by atoms with Gasteiger partial charge in [0, 0.05) is 11.0 Å². The van der Waals surface area contributed by atoms with Crippen molar-refractivity contribution in [3.8, 4) is 0 Å². The number of carbonyl (C=O) groups is 2. The Hall–Kier alpha value is -1.36. The van der Waals surface area contributed by atoms with Gasteiger partial charge in [-0.25, -0.2) is 0 Å². The molecule has 1 amide bonds. The molecular formula is C20H29NO4. The van der Waals surface area contributed by atoms with E-state index < -0.39 is 17.6 Å². The first-order valence-electron chi connectivity index (χ1n) is 9.60. The van der Waals surface area contributed by atoms with E-state index in [9.17, 15) is 19.8 Å². The third kappa shape index (κ3) is 1.99. The normalized spacial score (nSPS) is 49.1. The number of hydrogen-bond donors (Lipinski definition) is 3. The second-order valence-electron chi connectivity index (χ2n) is 9.46. The minimum Gasteiger partial charge on any atom is -0.481 e. The number of carbonyl (C=O) groups excluding carboxylic acids is 1. The Morgan fingerprint density at radius 2 is 1.84 bits per heavy atom. The van der Waals surface area contributed by atoms with Crippen LogP contribution in [0.4, 0.5) is 0 Å². The van der Waals surface area contributed by atoms with Gasteiger partial charge in [0.05, 0.1) is 5.41 Å². The van der Waals surface area contributed by atoms with Crippen molar-refractivity contribution >= 4 is 11.9 Å². The van der Waals surface area contributed by atoms with Gasteiger partial charge in [-0.05, 0) is 68.3 Å². The molecule has 1 aliphatic heterocycles. The molecule has 2 fully saturated rings. The van der Waals surface area contributed by atoms with Gasteiger partial charge in [0.25, 0.3) is 0 Å². The van der Waals surface area contributed by atoms with Crippen LogP contribution < -0.4 is 5.32 Å². The molecule has 0 bridgehead atoms. The highest BCUT2D eigenvalue weighted by atomic mass is 16.4. The maximum atomic E-state index is 12.6. The van der Waals surface area contributed by atoms with Crippen LogP contribution in [0.3, 0.4) is 0 Å². The molecule has 1 unspecified atom stereocenters. The summed E-state index contributed by atoms with van der Waals surface area (Å²) in [6, 6.07) is 0. The SMILES string of the molecule is C[C@]12CCC[C@](C)(C(=O)O)[C@@H]1CC[C@@]1(C)C3=C(CC[C@H]21)C(O)NC3=O. The first kappa shape index (κ1) is 17.1. The number of amides is 1. The van der Waals surface area contributed by atoms with Crippen molar-refractivity contribution < 1.29 is 19.8 Å². The highest BCUT2D eigenvalue weighted by molar-refractivity contribution is 5.99. The second-order valence-corrected chi connectivity index (χ2v) is 9.46. The van der Waals surface area contributed by atoms with Gasteiger partial charge in [-0.2, -0.15) is 0 Å². The van der Waals surface area contributed by atoms with Crippen molar-refractivity contribution in [2.75, 3.05) is 0 Å². The van der Waals surface area contributed by atoms with Gasteiger partial charge in [0.1, 0.15) is 6.23 Å². The van der Waals surface area contributed by atoms with Crippen LogP contribution in [-0.4, -0.2) is 28.3 Å². The standard InChI is InChI=1S/C20H29NO4/c1-18-8-4-9-20(3,17(24)25)13(18)7-10-19(2)12(18)6-5-11-14(19)16(23)21-15(11)22/h12-13,15,22H,4-10H2,1-3H3,(H,21,23)(H,24,25)/t12-,13-,15?,18-,19-,20+/m1/s1. The van der Waals surface area contributed by atoms with Crippen LogP contribution in [0.15, 0.2) is 11.1 Å². The molecule has 5 heteroatoms. The van der Waals surface area contributed by atoms with Crippen molar-refractivity contribution in [1.29, 1.82) is 0 Å². The molecule has 0 aromatic carbocycles. The third-order valence-corrected chi connectivity index (χ3v) is 8.40. The molecular weight excluding hydrogens is 318 g/mol. The van der Waals surface area contributed by atoms with Crippen molar-refractivity contribution in [2.45, 2.75) is 71.9 Å².